The Balaban J connectivity index is 3.89. The number of hydrogen-bond donors (Lipinski definition) is 1. The fourth-order valence-electron chi connectivity index (χ4n) is 1.46. The molecular weight excluding hydrogens is 212 g/mol. The molecule has 3 heteroatoms. The highest BCUT2D eigenvalue weighted by atomic mass is 16.5. The van der Waals surface area contributed by atoms with Gasteiger partial charge in [0.25, 0.3) is 0 Å². The van der Waals surface area contributed by atoms with Crippen LogP contribution in [0.3, 0.4) is 0 Å². The number of ether oxygens (including phenoxy) is 1. The average Bonchev–Trinajstić information content (AvgIpc) is 2.32. The molecule has 1 atom stereocenters. The van der Waals surface area contributed by atoms with Gasteiger partial charge < -0.3 is 4.74 Å². The average molecular weight is 240 g/mol. The second kappa shape index (κ2) is 7.68. The third-order valence-corrected chi connectivity index (χ3v) is 3.18. The van der Waals surface area contributed by atoms with Gasteiger partial charge in [-0.25, -0.2) is 0 Å². The van der Waals surface area contributed by atoms with Crippen molar-refractivity contribution in [3.63, 3.8) is 0 Å². The first kappa shape index (κ1) is 16.4. The van der Waals surface area contributed by atoms with Gasteiger partial charge in [-0.2, -0.15) is 5.26 Å². The third kappa shape index (κ3) is 7.36. The minimum absolute atomic E-state index is 0.0418. The van der Waals surface area contributed by atoms with Crippen LogP contribution in [0.5, 0.6) is 0 Å². The van der Waals surface area contributed by atoms with Crippen molar-refractivity contribution >= 4 is 0 Å². The number of nitrogens with one attached hydrogen (secondary N) is 1. The highest BCUT2D eigenvalue weighted by Gasteiger charge is 2.22. The first-order valence-corrected chi connectivity index (χ1v) is 6.69. The summed E-state index contributed by atoms with van der Waals surface area (Å²) >= 11 is 0. The van der Waals surface area contributed by atoms with Gasteiger partial charge in [-0.05, 0) is 53.0 Å². The molecular formula is C14H28N2O. The smallest absolute Gasteiger partial charge is 0.104 e. The quantitative estimate of drug-likeness (QED) is 0.629. The normalized spacial score (nSPS) is 15.3. The van der Waals surface area contributed by atoms with Crippen molar-refractivity contribution in [3.8, 4) is 6.07 Å². The molecule has 3 nitrogen and oxygen atoms in total. The molecule has 17 heavy (non-hydrogen) atoms. The molecule has 0 aromatic carbocycles. The fourth-order valence-corrected chi connectivity index (χ4v) is 1.46. The van der Waals surface area contributed by atoms with Crippen LogP contribution in [0.2, 0.25) is 0 Å². The first-order chi connectivity index (χ1) is 7.89. The van der Waals surface area contributed by atoms with Crippen LogP contribution in [0.4, 0.5) is 0 Å². The zero-order valence-corrected chi connectivity index (χ0v) is 12.1. The van der Waals surface area contributed by atoms with E-state index in [1.807, 2.05) is 6.92 Å². The predicted molar refractivity (Wildman–Crippen MR) is 71.9 cm³/mol. The molecule has 0 bridgehead atoms. The van der Waals surface area contributed by atoms with Crippen LogP contribution >= 0.6 is 0 Å². The molecule has 0 aliphatic rings. The maximum absolute atomic E-state index is 9.16. The van der Waals surface area contributed by atoms with Gasteiger partial charge in [0.1, 0.15) is 5.54 Å². The molecule has 1 N–H and O–H groups in total. The zero-order valence-electron chi connectivity index (χ0n) is 12.1. The zero-order chi connectivity index (χ0) is 13.4. The highest BCUT2D eigenvalue weighted by molar-refractivity contribution is 5.03. The molecule has 0 spiro atoms. The highest BCUT2D eigenvalue weighted by Crippen LogP contribution is 2.16. The fraction of sp³-hybridized carbons (Fsp3) is 0.929. The topological polar surface area (TPSA) is 45.0 Å². The molecule has 0 saturated heterocycles. The van der Waals surface area contributed by atoms with Gasteiger partial charge in [0.15, 0.2) is 0 Å². The van der Waals surface area contributed by atoms with E-state index in [0.29, 0.717) is 0 Å². The Morgan fingerprint density at radius 3 is 2.35 bits per heavy atom. The van der Waals surface area contributed by atoms with Gasteiger partial charge in [-0.1, -0.05) is 13.8 Å². The lowest BCUT2D eigenvalue weighted by Gasteiger charge is -2.26. The molecule has 0 aliphatic heterocycles. The van der Waals surface area contributed by atoms with E-state index < -0.39 is 5.54 Å². The van der Waals surface area contributed by atoms with Gasteiger partial charge in [0.05, 0.1) is 11.7 Å². The van der Waals surface area contributed by atoms with Crippen molar-refractivity contribution < 1.29 is 4.74 Å². The van der Waals surface area contributed by atoms with Crippen molar-refractivity contribution in [1.82, 2.24) is 5.32 Å². The summed E-state index contributed by atoms with van der Waals surface area (Å²) < 4.78 is 5.79. The minimum Gasteiger partial charge on any atom is -0.376 e. The lowest BCUT2D eigenvalue weighted by atomic mass is 9.97. The van der Waals surface area contributed by atoms with Crippen LogP contribution in [-0.2, 0) is 4.74 Å². The monoisotopic (exact) mass is 240 g/mol. The van der Waals surface area contributed by atoms with E-state index in [9.17, 15) is 0 Å². The van der Waals surface area contributed by atoms with E-state index in [1.54, 1.807) is 0 Å². The van der Waals surface area contributed by atoms with Crippen LogP contribution in [0, 0.1) is 11.3 Å². The van der Waals surface area contributed by atoms with Crippen molar-refractivity contribution in [2.75, 3.05) is 13.2 Å². The van der Waals surface area contributed by atoms with Crippen LogP contribution in [0.25, 0.3) is 0 Å². The summed E-state index contributed by atoms with van der Waals surface area (Å²) in [5, 5.41) is 12.5. The van der Waals surface area contributed by atoms with Gasteiger partial charge in [0, 0.05) is 6.61 Å². The molecule has 0 amide bonds. The number of rotatable bonds is 9. The first-order valence-electron chi connectivity index (χ1n) is 6.69. The molecule has 0 aliphatic carbocycles. The number of nitrogens with zero attached hydrogens (tertiary/aromatic N) is 1. The number of nitriles is 1. The molecule has 0 heterocycles. The lowest BCUT2D eigenvalue weighted by Crippen LogP contribution is -2.41. The molecule has 1 unspecified atom stereocenters. The second-order valence-electron chi connectivity index (χ2n) is 5.44. The largest absolute Gasteiger partial charge is 0.376 e. The van der Waals surface area contributed by atoms with Crippen molar-refractivity contribution in [2.45, 2.75) is 71.4 Å². The van der Waals surface area contributed by atoms with Crippen LogP contribution in [-0.4, -0.2) is 24.3 Å². The Morgan fingerprint density at radius 1 is 1.24 bits per heavy atom. The Hall–Kier alpha value is -0.590. The third-order valence-electron chi connectivity index (χ3n) is 3.18. The summed E-state index contributed by atoms with van der Waals surface area (Å²) in [6, 6.07) is 2.36. The maximum atomic E-state index is 9.16. The van der Waals surface area contributed by atoms with Crippen molar-refractivity contribution in [2.24, 2.45) is 0 Å². The Labute approximate surface area is 107 Å². The Bertz CT molecular complexity index is 245. The Kier molecular flexibility index (Phi) is 7.41. The van der Waals surface area contributed by atoms with Crippen molar-refractivity contribution in [1.29, 1.82) is 5.26 Å². The maximum Gasteiger partial charge on any atom is 0.104 e. The van der Waals surface area contributed by atoms with E-state index in [0.717, 1.165) is 38.8 Å². The minimum atomic E-state index is -0.407. The van der Waals surface area contributed by atoms with Gasteiger partial charge in [0.2, 0.25) is 0 Å². The number of hydrogen-bond acceptors (Lipinski definition) is 3. The molecule has 0 radical (unpaired) electrons. The van der Waals surface area contributed by atoms with Gasteiger partial charge in [-0.15, -0.1) is 0 Å². The predicted octanol–water partition coefficient (Wildman–Crippen LogP) is 3.25. The van der Waals surface area contributed by atoms with Crippen molar-refractivity contribution in [3.05, 3.63) is 0 Å². The summed E-state index contributed by atoms with van der Waals surface area (Å²) in [5.74, 6) is 0. The summed E-state index contributed by atoms with van der Waals surface area (Å²) in [6.07, 6.45) is 3.82. The van der Waals surface area contributed by atoms with Gasteiger partial charge in [-0.3, -0.25) is 5.32 Å². The standard InChI is InChI=1S/C14H28N2O/c1-6-10-16-14(5,12-15)9-8-11-17-13(3,4)7-2/h16H,6-11H2,1-5H3. The summed E-state index contributed by atoms with van der Waals surface area (Å²) in [4.78, 5) is 0. The van der Waals surface area contributed by atoms with E-state index in [2.05, 4.69) is 39.1 Å². The molecule has 0 saturated carbocycles. The van der Waals surface area contributed by atoms with Crippen LogP contribution in [0.15, 0.2) is 0 Å². The molecule has 0 rings (SSSR count). The second-order valence-corrected chi connectivity index (χ2v) is 5.44. The van der Waals surface area contributed by atoms with Crippen LogP contribution in [0.1, 0.15) is 60.3 Å². The molecule has 0 aromatic heterocycles. The molecule has 0 fully saturated rings. The summed E-state index contributed by atoms with van der Waals surface area (Å²) in [5.41, 5.74) is -0.449. The summed E-state index contributed by atoms with van der Waals surface area (Å²) in [6.45, 7) is 12.0. The van der Waals surface area contributed by atoms with Crippen LogP contribution < -0.4 is 5.32 Å². The van der Waals surface area contributed by atoms with E-state index in [1.165, 1.54) is 0 Å². The lowest BCUT2D eigenvalue weighted by molar-refractivity contribution is -0.0227. The summed E-state index contributed by atoms with van der Waals surface area (Å²) in [7, 11) is 0. The Morgan fingerprint density at radius 2 is 1.88 bits per heavy atom. The molecule has 0 aromatic rings. The van der Waals surface area contributed by atoms with Gasteiger partial charge >= 0.3 is 0 Å². The van der Waals surface area contributed by atoms with E-state index in [4.69, 9.17) is 10.00 Å². The SMILES string of the molecule is CCCNC(C)(C#N)CCCOC(C)(C)CC. The molecule has 100 valence electrons. The van der Waals surface area contributed by atoms with E-state index in [-0.39, 0.29) is 5.60 Å². The van der Waals surface area contributed by atoms with E-state index >= 15 is 0 Å².